The Balaban J connectivity index is 1.56. The van der Waals surface area contributed by atoms with Gasteiger partial charge in [-0.2, -0.15) is 4.98 Å². The van der Waals surface area contributed by atoms with Gasteiger partial charge in [0.15, 0.2) is 18.2 Å². The maximum absolute atomic E-state index is 12.8. The van der Waals surface area contributed by atoms with Gasteiger partial charge >= 0.3 is 0 Å². The summed E-state index contributed by atoms with van der Waals surface area (Å²) in [7, 11) is 5.07. The summed E-state index contributed by atoms with van der Waals surface area (Å²) in [6.45, 7) is 3.41. The number of benzene rings is 1. The zero-order chi connectivity index (χ0) is 27.4. The van der Waals surface area contributed by atoms with Gasteiger partial charge in [-0.15, -0.1) is 0 Å². The summed E-state index contributed by atoms with van der Waals surface area (Å²) in [5, 5.41) is 6.84. The highest BCUT2D eigenvalue weighted by atomic mass is 35.5. The van der Waals surface area contributed by atoms with E-state index in [9.17, 15) is 14.4 Å². The van der Waals surface area contributed by atoms with Gasteiger partial charge in [-0.25, -0.2) is 4.98 Å². The van der Waals surface area contributed by atoms with Crippen molar-refractivity contribution in [2.75, 3.05) is 51.1 Å². The second-order valence-electron chi connectivity index (χ2n) is 9.28. The number of amides is 2. The molecule has 3 heterocycles. The number of hydrogen-bond acceptors (Lipinski definition) is 8. The fraction of sp³-hybridized carbons (Fsp3) is 0.423. The largest absolute Gasteiger partial charge is 0.478 e. The molecule has 11 nitrogen and oxygen atoms in total. The fourth-order valence-electron chi connectivity index (χ4n) is 4.50. The van der Waals surface area contributed by atoms with Crippen LogP contribution in [-0.2, 0) is 16.1 Å². The van der Waals surface area contributed by atoms with E-state index >= 15 is 0 Å². The van der Waals surface area contributed by atoms with E-state index in [2.05, 4.69) is 25.5 Å². The predicted octanol–water partition coefficient (Wildman–Crippen LogP) is 2.64. The molecule has 0 bridgehead atoms. The number of aryl methyl sites for hydroxylation is 1. The highest BCUT2D eigenvalue weighted by Gasteiger charge is 2.27. The minimum absolute atomic E-state index is 0.00879. The van der Waals surface area contributed by atoms with Crippen LogP contribution in [-0.4, -0.2) is 72.1 Å². The van der Waals surface area contributed by atoms with Crippen LogP contribution in [0.25, 0.3) is 10.9 Å². The number of rotatable bonds is 8. The SMILES string of the molecule is CCn1c(=O)c(OCC(=O)NC)cc2cc(Nc3nc(N4CCC(C(=O)N(C)C)CC4)ncc3Cl)ccc21. The highest BCUT2D eigenvalue weighted by Crippen LogP contribution is 2.29. The van der Waals surface area contributed by atoms with Crippen molar-refractivity contribution in [3.63, 3.8) is 0 Å². The number of nitrogens with zero attached hydrogens (tertiary/aromatic N) is 5. The predicted molar refractivity (Wildman–Crippen MR) is 147 cm³/mol. The van der Waals surface area contributed by atoms with E-state index < -0.39 is 0 Å². The number of ether oxygens (including phenoxy) is 1. The zero-order valence-electron chi connectivity index (χ0n) is 22.0. The summed E-state index contributed by atoms with van der Waals surface area (Å²) in [4.78, 5) is 49.5. The fourth-order valence-corrected chi connectivity index (χ4v) is 4.64. The molecule has 3 aromatic rings. The second kappa shape index (κ2) is 11.7. The lowest BCUT2D eigenvalue weighted by Crippen LogP contribution is -2.40. The van der Waals surface area contributed by atoms with E-state index in [-0.39, 0.29) is 35.6 Å². The lowest BCUT2D eigenvalue weighted by atomic mass is 9.96. The van der Waals surface area contributed by atoms with Gasteiger partial charge in [-0.3, -0.25) is 14.4 Å². The Morgan fingerprint density at radius 2 is 1.95 bits per heavy atom. The minimum atomic E-state index is -0.328. The van der Waals surface area contributed by atoms with Crippen molar-refractivity contribution < 1.29 is 14.3 Å². The Morgan fingerprint density at radius 1 is 1.21 bits per heavy atom. The zero-order valence-corrected chi connectivity index (χ0v) is 22.7. The topological polar surface area (TPSA) is 122 Å². The van der Waals surface area contributed by atoms with Crippen molar-refractivity contribution in [3.05, 3.63) is 45.8 Å². The van der Waals surface area contributed by atoms with Crippen molar-refractivity contribution in [3.8, 4) is 5.75 Å². The lowest BCUT2D eigenvalue weighted by molar-refractivity contribution is -0.133. The number of likely N-dealkylation sites (N-methyl/N-ethyl adjacent to an activating group) is 1. The third kappa shape index (κ3) is 5.83. The molecule has 0 aliphatic carbocycles. The molecule has 0 saturated carbocycles. The molecule has 38 heavy (non-hydrogen) atoms. The molecule has 1 saturated heterocycles. The molecule has 0 unspecified atom stereocenters. The van der Waals surface area contributed by atoms with Crippen molar-refractivity contribution in [1.29, 1.82) is 0 Å². The third-order valence-corrected chi connectivity index (χ3v) is 6.85. The van der Waals surface area contributed by atoms with Crippen LogP contribution in [0.2, 0.25) is 5.02 Å². The first-order valence-electron chi connectivity index (χ1n) is 12.5. The maximum Gasteiger partial charge on any atom is 0.293 e. The van der Waals surface area contributed by atoms with E-state index in [4.69, 9.17) is 16.3 Å². The van der Waals surface area contributed by atoms with Crippen LogP contribution in [0.3, 0.4) is 0 Å². The van der Waals surface area contributed by atoms with Crippen LogP contribution < -0.4 is 25.8 Å². The molecule has 2 aromatic heterocycles. The van der Waals surface area contributed by atoms with E-state index in [0.29, 0.717) is 42.1 Å². The summed E-state index contributed by atoms with van der Waals surface area (Å²) in [6, 6.07) is 7.18. The van der Waals surface area contributed by atoms with Crippen LogP contribution in [0.4, 0.5) is 17.5 Å². The summed E-state index contributed by atoms with van der Waals surface area (Å²) < 4.78 is 7.09. The monoisotopic (exact) mass is 541 g/mol. The Hall–Kier alpha value is -3.86. The number of halogens is 1. The summed E-state index contributed by atoms with van der Waals surface area (Å²) in [5.41, 5.74) is 1.14. The Bertz CT molecular complexity index is 1400. The molecular formula is C26H32ClN7O4. The number of carbonyl (C=O) groups excluding carboxylic acids is 2. The Kier molecular flexibility index (Phi) is 8.35. The van der Waals surface area contributed by atoms with Crippen molar-refractivity contribution in [2.45, 2.75) is 26.3 Å². The standard InChI is InChI=1S/C26H32ClN7O4/c1-5-34-20-7-6-18(12-17(20)13-21(25(34)37)38-15-22(35)28-2)30-23-19(27)14-29-26(31-23)33-10-8-16(9-11-33)24(36)32(3)4/h6-7,12-14,16H,5,8-11,15H2,1-4H3,(H,28,35)(H,29,30,31). The average molecular weight is 542 g/mol. The number of fused-ring (bicyclic) bond motifs is 1. The molecule has 2 amide bonds. The Labute approximate surface area is 225 Å². The Morgan fingerprint density at radius 3 is 2.61 bits per heavy atom. The van der Waals surface area contributed by atoms with E-state index in [0.717, 1.165) is 23.7 Å². The first-order valence-corrected chi connectivity index (χ1v) is 12.9. The van der Waals surface area contributed by atoms with Gasteiger partial charge in [0, 0.05) is 57.8 Å². The molecule has 1 aromatic carbocycles. The normalized spacial score (nSPS) is 13.9. The summed E-state index contributed by atoms with van der Waals surface area (Å²) >= 11 is 6.42. The number of piperidine rings is 1. The van der Waals surface area contributed by atoms with Gasteiger partial charge in [0.05, 0.1) is 11.7 Å². The van der Waals surface area contributed by atoms with Gasteiger partial charge in [0.25, 0.3) is 11.5 Å². The van der Waals surface area contributed by atoms with Crippen LogP contribution in [0.5, 0.6) is 5.75 Å². The van der Waals surface area contributed by atoms with Gasteiger partial charge in [0.1, 0.15) is 5.02 Å². The van der Waals surface area contributed by atoms with Gasteiger partial charge in [-0.05, 0) is 44.0 Å². The molecular weight excluding hydrogens is 510 g/mol. The molecule has 1 aliphatic rings. The van der Waals surface area contributed by atoms with Crippen LogP contribution in [0.1, 0.15) is 19.8 Å². The van der Waals surface area contributed by atoms with E-state index in [1.54, 1.807) is 35.8 Å². The van der Waals surface area contributed by atoms with Crippen LogP contribution >= 0.6 is 11.6 Å². The molecule has 12 heteroatoms. The molecule has 202 valence electrons. The maximum atomic E-state index is 12.8. The number of nitrogens with one attached hydrogen (secondary N) is 2. The lowest BCUT2D eigenvalue weighted by Gasteiger charge is -2.32. The van der Waals surface area contributed by atoms with Crippen molar-refractivity contribution in [2.24, 2.45) is 5.92 Å². The first-order chi connectivity index (χ1) is 18.2. The number of aromatic nitrogens is 3. The smallest absolute Gasteiger partial charge is 0.293 e. The summed E-state index contributed by atoms with van der Waals surface area (Å²) in [6.07, 6.45) is 3.03. The van der Waals surface area contributed by atoms with Crippen LogP contribution in [0.15, 0.2) is 35.3 Å². The van der Waals surface area contributed by atoms with Crippen LogP contribution in [0, 0.1) is 5.92 Å². The second-order valence-corrected chi connectivity index (χ2v) is 9.69. The number of anilines is 3. The highest BCUT2D eigenvalue weighted by molar-refractivity contribution is 6.32. The molecule has 1 fully saturated rings. The molecule has 0 radical (unpaired) electrons. The molecule has 0 spiro atoms. The summed E-state index contributed by atoms with van der Waals surface area (Å²) in [5.74, 6) is 0.912. The van der Waals surface area contributed by atoms with E-state index in [1.807, 2.05) is 25.1 Å². The molecule has 0 atom stereocenters. The number of hydrogen-bond donors (Lipinski definition) is 2. The van der Waals surface area contributed by atoms with Gasteiger partial charge < -0.3 is 29.7 Å². The van der Waals surface area contributed by atoms with Gasteiger partial charge in [0.2, 0.25) is 11.9 Å². The quantitative estimate of drug-likeness (QED) is 0.446. The van der Waals surface area contributed by atoms with E-state index in [1.165, 1.54) is 7.05 Å². The van der Waals surface area contributed by atoms with Crippen molar-refractivity contribution >= 4 is 51.8 Å². The van der Waals surface area contributed by atoms with Gasteiger partial charge in [-0.1, -0.05) is 11.6 Å². The molecule has 1 aliphatic heterocycles. The van der Waals surface area contributed by atoms with Crippen molar-refractivity contribution in [1.82, 2.24) is 24.8 Å². The average Bonchev–Trinajstić information content (AvgIpc) is 2.92. The molecule has 2 N–H and O–H groups in total. The molecule has 4 rings (SSSR count). The third-order valence-electron chi connectivity index (χ3n) is 6.58. The first kappa shape index (κ1) is 27.2. The minimum Gasteiger partial charge on any atom is -0.478 e. The number of carbonyl (C=O) groups is 2. The number of pyridine rings is 1.